The first-order valence-electron chi connectivity index (χ1n) is 10.2. The molecule has 27 heavy (non-hydrogen) atoms. The van der Waals surface area contributed by atoms with Gasteiger partial charge in [-0.2, -0.15) is 0 Å². The lowest BCUT2D eigenvalue weighted by atomic mass is 9.93. The lowest BCUT2D eigenvalue weighted by molar-refractivity contribution is -0.141. The van der Waals surface area contributed by atoms with Gasteiger partial charge in [-0.1, -0.05) is 34.6 Å². The van der Waals surface area contributed by atoms with Crippen LogP contribution in [0.5, 0.6) is 5.75 Å². The minimum absolute atomic E-state index is 0.0974. The molecule has 0 heterocycles. The molecule has 154 valence electrons. The summed E-state index contributed by atoms with van der Waals surface area (Å²) in [6.45, 7) is 16.6. The van der Waals surface area contributed by atoms with E-state index in [0.29, 0.717) is 25.6 Å². The normalized spacial score (nSPS) is 13.6. The molecule has 1 amide bonds. The second-order valence-corrected chi connectivity index (χ2v) is 7.53. The number of rotatable bonds is 13. The standard InChI is InChI=1S/C22H38N2O3/c1-7-15-27-22(6,17-18(4)5)21(25)23-19-10-12-20(13-11-19)26-16-14-24(8-2)9-3/h10-13,18H,7-9,14-17H2,1-6H3,(H,23,25)/t22-/m0/s1. The van der Waals surface area contributed by atoms with Crippen molar-refractivity contribution in [2.45, 2.75) is 60.0 Å². The Morgan fingerprint density at radius 1 is 1.11 bits per heavy atom. The summed E-state index contributed by atoms with van der Waals surface area (Å²) in [5, 5.41) is 2.99. The smallest absolute Gasteiger partial charge is 0.256 e. The predicted molar refractivity (Wildman–Crippen MR) is 112 cm³/mol. The number of carbonyl (C=O) groups is 1. The molecule has 0 saturated carbocycles. The highest BCUT2D eigenvalue weighted by Gasteiger charge is 2.34. The minimum Gasteiger partial charge on any atom is -0.492 e. The molecular formula is C22H38N2O3. The van der Waals surface area contributed by atoms with E-state index in [-0.39, 0.29) is 5.91 Å². The van der Waals surface area contributed by atoms with Gasteiger partial charge in [0, 0.05) is 18.8 Å². The topological polar surface area (TPSA) is 50.8 Å². The summed E-state index contributed by atoms with van der Waals surface area (Å²) < 4.78 is 11.7. The number of likely N-dealkylation sites (N-methyl/N-ethyl adjacent to an activating group) is 1. The molecule has 5 heteroatoms. The number of hydrogen-bond donors (Lipinski definition) is 1. The Hall–Kier alpha value is -1.59. The molecule has 0 aliphatic carbocycles. The molecule has 0 saturated heterocycles. The van der Waals surface area contributed by atoms with Crippen molar-refractivity contribution < 1.29 is 14.3 Å². The van der Waals surface area contributed by atoms with Crippen LogP contribution in [0, 0.1) is 5.92 Å². The lowest BCUT2D eigenvalue weighted by Gasteiger charge is -2.30. The van der Waals surface area contributed by atoms with E-state index in [9.17, 15) is 4.79 Å². The monoisotopic (exact) mass is 378 g/mol. The van der Waals surface area contributed by atoms with E-state index < -0.39 is 5.60 Å². The third-order valence-electron chi connectivity index (χ3n) is 4.59. The van der Waals surface area contributed by atoms with Gasteiger partial charge in [-0.05, 0) is 63.0 Å². The number of carbonyl (C=O) groups excluding carboxylic acids is 1. The van der Waals surface area contributed by atoms with Crippen LogP contribution in [0.3, 0.4) is 0 Å². The third kappa shape index (κ3) is 8.31. The van der Waals surface area contributed by atoms with Crippen LogP contribution in [-0.4, -0.2) is 49.3 Å². The number of anilines is 1. The molecule has 1 N–H and O–H groups in total. The van der Waals surface area contributed by atoms with E-state index in [2.05, 4.69) is 37.9 Å². The van der Waals surface area contributed by atoms with Crippen LogP contribution in [-0.2, 0) is 9.53 Å². The maximum atomic E-state index is 12.8. The van der Waals surface area contributed by atoms with Gasteiger partial charge in [0.15, 0.2) is 0 Å². The van der Waals surface area contributed by atoms with Gasteiger partial charge < -0.3 is 19.7 Å². The lowest BCUT2D eigenvalue weighted by Crippen LogP contribution is -2.44. The summed E-state index contributed by atoms with van der Waals surface area (Å²) >= 11 is 0. The summed E-state index contributed by atoms with van der Waals surface area (Å²) in [6, 6.07) is 7.54. The zero-order valence-electron chi connectivity index (χ0n) is 18.0. The molecule has 1 aromatic rings. The number of ether oxygens (including phenoxy) is 2. The van der Waals surface area contributed by atoms with Gasteiger partial charge in [0.1, 0.15) is 18.0 Å². The SMILES string of the molecule is CCCO[C@@](C)(CC(C)C)C(=O)Nc1ccc(OCCN(CC)CC)cc1. The van der Waals surface area contributed by atoms with Crippen molar-refractivity contribution in [3.63, 3.8) is 0 Å². The van der Waals surface area contributed by atoms with Crippen molar-refractivity contribution in [2.75, 3.05) is 38.2 Å². The van der Waals surface area contributed by atoms with Gasteiger partial charge in [0.05, 0.1) is 0 Å². The molecule has 0 aliphatic heterocycles. The maximum absolute atomic E-state index is 12.8. The maximum Gasteiger partial charge on any atom is 0.256 e. The molecule has 0 radical (unpaired) electrons. The van der Waals surface area contributed by atoms with Crippen molar-refractivity contribution in [3.8, 4) is 5.75 Å². The van der Waals surface area contributed by atoms with Crippen molar-refractivity contribution in [3.05, 3.63) is 24.3 Å². The largest absolute Gasteiger partial charge is 0.492 e. The van der Waals surface area contributed by atoms with Crippen LogP contribution < -0.4 is 10.1 Å². The predicted octanol–water partition coefficient (Wildman–Crippen LogP) is 4.58. The Morgan fingerprint density at radius 3 is 2.26 bits per heavy atom. The van der Waals surface area contributed by atoms with E-state index >= 15 is 0 Å². The third-order valence-corrected chi connectivity index (χ3v) is 4.59. The second kappa shape index (κ2) is 12.0. The van der Waals surface area contributed by atoms with Crippen LogP contribution in [0.4, 0.5) is 5.69 Å². The molecule has 1 atom stereocenters. The quantitative estimate of drug-likeness (QED) is 0.546. The van der Waals surface area contributed by atoms with E-state index in [4.69, 9.17) is 9.47 Å². The molecule has 0 aliphatic rings. The Bertz CT molecular complexity index is 541. The Morgan fingerprint density at radius 2 is 1.74 bits per heavy atom. The number of nitrogens with one attached hydrogen (secondary N) is 1. The molecular weight excluding hydrogens is 340 g/mol. The van der Waals surface area contributed by atoms with E-state index in [1.165, 1.54) is 0 Å². The fourth-order valence-corrected chi connectivity index (χ4v) is 3.05. The average Bonchev–Trinajstić information content (AvgIpc) is 2.64. The number of amides is 1. The first-order chi connectivity index (χ1) is 12.8. The average molecular weight is 379 g/mol. The van der Waals surface area contributed by atoms with Crippen molar-refractivity contribution in [1.29, 1.82) is 0 Å². The Balaban J connectivity index is 2.62. The van der Waals surface area contributed by atoms with Gasteiger partial charge >= 0.3 is 0 Å². The van der Waals surface area contributed by atoms with Crippen LogP contribution >= 0.6 is 0 Å². The fourth-order valence-electron chi connectivity index (χ4n) is 3.05. The zero-order chi connectivity index (χ0) is 20.3. The van der Waals surface area contributed by atoms with Gasteiger partial charge in [0.2, 0.25) is 0 Å². The van der Waals surface area contributed by atoms with E-state index in [0.717, 1.165) is 37.5 Å². The van der Waals surface area contributed by atoms with Crippen LogP contribution in [0.15, 0.2) is 24.3 Å². The molecule has 0 unspecified atom stereocenters. The van der Waals surface area contributed by atoms with Crippen LogP contribution in [0.1, 0.15) is 54.4 Å². The summed E-state index contributed by atoms with van der Waals surface area (Å²) in [6.07, 6.45) is 1.58. The zero-order valence-corrected chi connectivity index (χ0v) is 18.0. The van der Waals surface area contributed by atoms with Crippen molar-refractivity contribution in [2.24, 2.45) is 5.92 Å². The van der Waals surface area contributed by atoms with Gasteiger partial charge in [-0.15, -0.1) is 0 Å². The van der Waals surface area contributed by atoms with Crippen molar-refractivity contribution in [1.82, 2.24) is 4.90 Å². The fraction of sp³-hybridized carbons (Fsp3) is 0.682. The summed E-state index contributed by atoms with van der Waals surface area (Å²) in [5.41, 5.74) is -0.0606. The Kier molecular flexibility index (Phi) is 10.4. The molecule has 0 spiro atoms. The first kappa shape index (κ1) is 23.4. The molecule has 5 nitrogen and oxygen atoms in total. The van der Waals surface area contributed by atoms with Crippen LogP contribution in [0.25, 0.3) is 0 Å². The Labute approximate surface area is 165 Å². The highest BCUT2D eigenvalue weighted by molar-refractivity contribution is 5.97. The van der Waals surface area contributed by atoms with Crippen molar-refractivity contribution >= 4 is 11.6 Å². The van der Waals surface area contributed by atoms with Gasteiger partial charge in [-0.25, -0.2) is 0 Å². The molecule has 0 fully saturated rings. The molecule has 1 aromatic carbocycles. The summed E-state index contributed by atoms with van der Waals surface area (Å²) in [7, 11) is 0. The van der Waals surface area contributed by atoms with Crippen LogP contribution in [0.2, 0.25) is 0 Å². The highest BCUT2D eigenvalue weighted by Crippen LogP contribution is 2.24. The first-order valence-corrected chi connectivity index (χ1v) is 10.2. The molecule has 0 aromatic heterocycles. The van der Waals surface area contributed by atoms with E-state index in [1.54, 1.807) is 0 Å². The number of hydrogen-bond acceptors (Lipinski definition) is 4. The molecule has 0 bridgehead atoms. The van der Waals surface area contributed by atoms with E-state index in [1.807, 2.05) is 38.1 Å². The number of nitrogens with zero attached hydrogens (tertiary/aromatic N) is 1. The summed E-state index contributed by atoms with van der Waals surface area (Å²) in [5.74, 6) is 1.09. The summed E-state index contributed by atoms with van der Waals surface area (Å²) in [4.78, 5) is 15.1. The second-order valence-electron chi connectivity index (χ2n) is 7.53. The van der Waals surface area contributed by atoms with Gasteiger partial charge in [-0.3, -0.25) is 4.79 Å². The highest BCUT2D eigenvalue weighted by atomic mass is 16.5. The minimum atomic E-state index is -0.816. The molecule has 1 rings (SSSR count). The van der Waals surface area contributed by atoms with Gasteiger partial charge in [0.25, 0.3) is 5.91 Å². The number of benzene rings is 1.